The van der Waals surface area contributed by atoms with Gasteiger partial charge in [-0.2, -0.15) is 0 Å². The summed E-state index contributed by atoms with van der Waals surface area (Å²) < 4.78 is 5.74. The van der Waals surface area contributed by atoms with Crippen LogP contribution < -0.4 is 9.64 Å². The molecule has 1 saturated heterocycles. The maximum Gasteiger partial charge on any atom is 0.331 e. The molecule has 4 rings (SSSR count). The molecule has 2 amide bonds. The van der Waals surface area contributed by atoms with E-state index in [0.29, 0.717) is 19.0 Å². The van der Waals surface area contributed by atoms with Crippen molar-refractivity contribution in [2.24, 2.45) is 4.99 Å². The number of nitrogens with zero attached hydrogens (tertiary/aromatic N) is 3. The Balaban J connectivity index is 1.57. The Morgan fingerprint density at radius 1 is 0.906 bits per heavy atom. The number of urea groups is 1. The van der Waals surface area contributed by atoms with Gasteiger partial charge in [-0.1, -0.05) is 72.4 Å². The molecule has 0 saturated carbocycles. The molecule has 164 valence electrons. The molecule has 0 aliphatic carbocycles. The second kappa shape index (κ2) is 10.4. The van der Waals surface area contributed by atoms with Crippen LogP contribution in [0.3, 0.4) is 0 Å². The van der Waals surface area contributed by atoms with Gasteiger partial charge in [-0.05, 0) is 49.2 Å². The molecule has 0 unspecified atom stereocenters. The fourth-order valence-electron chi connectivity index (χ4n) is 3.42. The highest BCUT2D eigenvalue weighted by Gasteiger charge is 2.32. The van der Waals surface area contributed by atoms with E-state index in [1.54, 1.807) is 21.6 Å². The summed E-state index contributed by atoms with van der Waals surface area (Å²) in [5.74, 6) is 1.31. The summed E-state index contributed by atoms with van der Waals surface area (Å²) in [5, 5.41) is 0.749. The average Bonchev–Trinajstić information content (AvgIpc) is 2.81. The molecule has 0 aromatic heterocycles. The summed E-state index contributed by atoms with van der Waals surface area (Å²) in [5.41, 5.74) is 3.03. The van der Waals surface area contributed by atoms with Crippen LogP contribution in [0.2, 0.25) is 0 Å². The van der Waals surface area contributed by atoms with Gasteiger partial charge in [-0.25, -0.2) is 4.79 Å². The Bertz CT molecular complexity index is 1050. The van der Waals surface area contributed by atoms with Gasteiger partial charge in [0, 0.05) is 5.69 Å². The number of amides is 2. The highest BCUT2D eigenvalue weighted by Crippen LogP contribution is 2.29. The summed E-state index contributed by atoms with van der Waals surface area (Å²) in [6.45, 7) is 5.02. The van der Waals surface area contributed by atoms with Crippen molar-refractivity contribution in [1.82, 2.24) is 4.90 Å². The molecule has 6 heteroatoms. The van der Waals surface area contributed by atoms with E-state index in [2.05, 4.69) is 0 Å². The Morgan fingerprint density at radius 2 is 1.53 bits per heavy atom. The lowest BCUT2D eigenvalue weighted by atomic mass is 10.2. The van der Waals surface area contributed by atoms with Gasteiger partial charge >= 0.3 is 6.03 Å². The third-order valence-electron chi connectivity index (χ3n) is 4.96. The quantitative estimate of drug-likeness (QED) is 0.437. The zero-order valence-electron chi connectivity index (χ0n) is 18.3. The molecule has 3 aromatic carbocycles. The number of carbonyl (C=O) groups excluding carboxylic acids is 1. The number of benzene rings is 3. The minimum Gasteiger partial charge on any atom is -0.491 e. The molecule has 0 bridgehead atoms. The Labute approximate surface area is 193 Å². The molecule has 0 N–H and O–H groups in total. The first-order valence-electron chi connectivity index (χ1n) is 10.7. The highest BCUT2D eigenvalue weighted by atomic mass is 32.2. The highest BCUT2D eigenvalue weighted by molar-refractivity contribution is 8.14. The van der Waals surface area contributed by atoms with Crippen LogP contribution in [0.25, 0.3) is 0 Å². The summed E-state index contributed by atoms with van der Waals surface area (Å²) >= 11 is 1.58. The molecule has 1 aliphatic rings. The molecule has 0 radical (unpaired) electrons. The molecule has 5 nitrogen and oxygen atoms in total. The largest absolute Gasteiger partial charge is 0.491 e. The average molecular weight is 446 g/mol. The van der Waals surface area contributed by atoms with Crippen molar-refractivity contribution in [3.63, 3.8) is 0 Å². The lowest BCUT2D eigenvalue weighted by Gasteiger charge is -2.36. The zero-order valence-corrected chi connectivity index (χ0v) is 19.2. The number of aliphatic imine (C=N–C) groups is 1. The normalized spacial score (nSPS) is 15.5. The third kappa shape index (κ3) is 5.51. The number of hydrogen-bond acceptors (Lipinski definition) is 4. The number of rotatable bonds is 7. The van der Waals surface area contributed by atoms with E-state index in [4.69, 9.17) is 9.73 Å². The third-order valence-corrected chi connectivity index (χ3v) is 5.95. The van der Waals surface area contributed by atoms with E-state index < -0.39 is 0 Å². The first-order chi connectivity index (χ1) is 15.6. The van der Waals surface area contributed by atoms with Gasteiger partial charge in [0.05, 0.1) is 25.1 Å². The van der Waals surface area contributed by atoms with Crippen LogP contribution >= 0.6 is 11.8 Å². The molecule has 32 heavy (non-hydrogen) atoms. The van der Waals surface area contributed by atoms with Gasteiger partial charge in [-0.3, -0.25) is 14.8 Å². The molecule has 0 spiro atoms. The van der Waals surface area contributed by atoms with E-state index in [9.17, 15) is 4.79 Å². The van der Waals surface area contributed by atoms with Crippen molar-refractivity contribution in [3.05, 3.63) is 96.1 Å². The van der Waals surface area contributed by atoms with Gasteiger partial charge in [0.25, 0.3) is 0 Å². The minimum atomic E-state index is -0.0723. The molecule has 1 fully saturated rings. The zero-order chi connectivity index (χ0) is 22.3. The van der Waals surface area contributed by atoms with E-state index >= 15 is 0 Å². The van der Waals surface area contributed by atoms with Crippen LogP contribution in [0.5, 0.6) is 5.75 Å². The van der Waals surface area contributed by atoms with Crippen LogP contribution in [0.15, 0.2) is 89.9 Å². The fraction of sp³-hybridized carbons (Fsp3) is 0.231. The topological polar surface area (TPSA) is 45.1 Å². The number of ether oxygens (including phenoxy) is 1. The smallest absolute Gasteiger partial charge is 0.331 e. The number of amidine groups is 1. The van der Waals surface area contributed by atoms with Crippen LogP contribution in [-0.4, -0.2) is 28.1 Å². The lowest BCUT2D eigenvalue weighted by Crippen LogP contribution is -2.49. The maximum absolute atomic E-state index is 13.5. The maximum atomic E-state index is 13.5. The molecular formula is C26H27N3O2S. The van der Waals surface area contributed by atoms with E-state index in [1.807, 2.05) is 98.8 Å². The van der Waals surface area contributed by atoms with Crippen LogP contribution in [-0.2, 0) is 13.1 Å². The van der Waals surface area contributed by atoms with E-state index in [0.717, 1.165) is 27.7 Å². The standard InChI is InChI=1S/C26H27N3O2S/c1-20(2)31-24-15-13-23(14-16-24)29-19-32-25(27-17-21-9-5-3-6-10-21)28(26(29)30)18-22-11-7-4-8-12-22/h3-16,20H,17-19H2,1-2H3/b27-25+. The van der Waals surface area contributed by atoms with Gasteiger partial charge in [0.1, 0.15) is 5.75 Å². The summed E-state index contributed by atoms with van der Waals surface area (Å²) in [4.78, 5) is 21.9. The summed E-state index contributed by atoms with van der Waals surface area (Å²) in [6.07, 6.45) is 0.109. The lowest BCUT2D eigenvalue weighted by molar-refractivity contribution is 0.226. The van der Waals surface area contributed by atoms with Crippen LogP contribution in [0, 0.1) is 0 Å². The molecule has 1 aliphatic heterocycles. The second-order valence-electron chi connectivity index (χ2n) is 7.80. The fourth-order valence-corrected chi connectivity index (χ4v) is 4.38. The van der Waals surface area contributed by atoms with Crippen LogP contribution in [0.4, 0.5) is 10.5 Å². The molecule has 3 aromatic rings. The Morgan fingerprint density at radius 3 is 2.16 bits per heavy atom. The SMILES string of the molecule is CC(C)Oc1ccc(N2CS/C(=N/Cc3ccccc3)N(Cc3ccccc3)C2=O)cc1. The first kappa shape index (κ1) is 22.0. The monoisotopic (exact) mass is 445 g/mol. The number of thioether (sulfide) groups is 1. The molecular weight excluding hydrogens is 418 g/mol. The number of hydrogen-bond donors (Lipinski definition) is 0. The Kier molecular flexibility index (Phi) is 7.12. The summed E-state index contributed by atoms with van der Waals surface area (Å²) in [7, 11) is 0. The molecule has 1 heterocycles. The predicted molar refractivity (Wildman–Crippen MR) is 132 cm³/mol. The van der Waals surface area contributed by atoms with Crippen LogP contribution in [0.1, 0.15) is 25.0 Å². The number of carbonyl (C=O) groups is 1. The van der Waals surface area contributed by atoms with Gasteiger partial charge < -0.3 is 4.74 Å². The van der Waals surface area contributed by atoms with Crippen molar-refractivity contribution in [2.75, 3.05) is 10.8 Å². The van der Waals surface area contributed by atoms with Gasteiger partial charge in [0.15, 0.2) is 5.17 Å². The predicted octanol–water partition coefficient (Wildman–Crippen LogP) is 6.16. The van der Waals surface area contributed by atoms with Gasteiger partial charge in [-0.15, -0.1) is 0 Å². The van der Waals surface area contributed by atoms with Crippen molar-refractivity contribution in [3.8, 4) is 5.75 Å². The second-order valence-corrected chi connectivity index (χ2v) is 8.71. The van der Waals surface area contributed by atoms with E-state index in [1.165, 1.54) is 0 Å². The Hall–Kier alpha value is -3.25. The van der Waals surface area contributed by atoms with Crippen molar-refractivity contribution >= 4 is 28.6 Å². The van der Waals surface area contributed by atoms with Crippen molar-refractivity contribution < 1.29 is 9.53 Å². The number of anilines is 1. The summed E-state index contributed by atoms with van der Waals surface area (Å²) in [6, 6.07) is 27.7. The minimum absolute atomic E-state index is 0.0723. The molecule has 0 atom stereocenters. The van der Waals surface area contributed by atoms with Gasteiger partial charge in [0.2, 0.25) is 0 Å². The van der Waals surface area contributed by atoms with Crippen molar-refractivity contribution in [2.45, 2.75) is 33.0 Å². The van der Waals surface area contributed by atoms with Crippen molar-refractivity contribution in [1.29, 1.82) is 0 Å². The first-order valence-corrected chi connectivity index (χ1v) is 11.7. The van der Waals surface area contributed by atoms with E-state index in [-0.39, 0.29) is 12.1 Å².